The first kappa shape index (κ1) is 25.4. The molecule has 1 N–H and O–H groups in total. The third-order valence-electron chi connectivity index (χ3n) is 7.17. The fourth-order valence-electron chi connectivity index (χ4n) is 5.24. The Morgan fingerprint density at radius 2 is 1.83 bits per heavy atom. The van der Waals surface area contributed by atoms with Gasteiger partial charge < -0.3 is 19.5 Å². The van der Waals surface area contributed by atoms with Crippen LogP contribution in [0.3, 0.4) is 0 Å². The molecule has 2 amide bonds. The SMILES string of the molecule is CCOC(=O)N1CCC(N(c2ccc3c(NC(=O)C4CCCCC4)c(C)ccc3c2)S(=O)[O-])CC1. The summed E-state index contributed by atoms with van der Waals surface area (Å²) in [5, 5.41) is 4.92. The van der Waals surface area contributed by atoms with E-state index in [1.807, 2.05) is 31.2 Å². The molecule has 0 bridgehead atoms. The number of rotatable bonds is 6. The predicted molar refractivity (Wildman–Crippen MR) is 137 cm³/mol. The molecule has 0 aromatic heterocycles. The predicted octanol–water partition coefficient (Wildman–Crippen LogP) is 4.89. The molecule has 1 unspecified atom stereocenters. The van der Waals surface area contributed by atoms with Crippen LogP contribution < -0.4 is 9.62 Å². The van der Waals surface area contributed by atoms with Crippen LogP contribution >= 0.6 is 0 Å². The smallest absolute Gasteiger partial charge is 0.409 e. The number of likely N-dealkylation sites (tertiary alicyclic amines) is 1. The minimum atomic E-state index is -2.46. The van der Waals surface area contributed by atoms with E-state index >= 15 is 0 Å². The van der Waals surface area contributed by atoms with Crippen molar-refractivity contribution in [3.63, 3.8) is 0 Å². The molecule has 1 aliphatic heterocycles. The second-order valence-electron chi connectivity index (χ2n) is 9.45. The fourth-order valence-corrected chi connectivity index (χ4v) is 5.98. The van der Waals surface area contributed by atoms with Crippen molar-refractivity contribution < 1.29 is 23.1 Å². The molecule has 190 valence electrons. The number of amides is 2. The van der Waals surface area contributed by atoms with Gasteiger partial charge >= 0.3 is 6.09 Å². The number of carbonyl (C=O) groups is 2. The second kappa shape index (κ2) is 11.4. The number of ether oxygens (including phenoxy) is 1. The zero-order chi connectivity index (χ0) is 24.9. The maximum Gasteiger partial charge on any atom is 0.409 e. The Labute approximate surface area is 209 Å². The number of nitrogens with one attached hydrogen (secondary N) is 1. The van der Waals surface area contributed by atoms with E-state index in [-0.39, 0.29) is 24.0 Å². The van der Waals surface area contributed by atoms with Gasteiger partial charge in [-0.1, -0.05) is 37.5 Å². The highest BCUT2D eigenvalue weighted by atomic mass is 32.2. The fraction of sp³-hybridized carbons (Fsp3) is 0.538. The zero-order valence-corrected chi connectivity index (χ0v) is 21.3. The van der Waals surface area contributed by atoms with Crippen LogP contribution in [0.5, 0.6) is 0 Å². The first-order chi connectivity index (χ1) is 16.9. The largest absolute Gasteiger partial charge is 0.755 e. The number of aryl methyl sites for hydroxylation is 1. The van der Waals surface area contributed by atoms with Crippen LogP contribution in [0.4, 0.5) is 16.2 Å². The monoisotopic (exact) mass is 500 g/mol. The van der Waals surface area contributed by atoms with E-state index in [2.05, 4.69) is 5.32 Å². The van der Waals surface area contributed by atoms with Gasteiger partial charge in [0.2, 0.25) is 5.91 Å². The number of hydrogen-bond donors (Lipinski definition) is 1. The van der Waals surface area contributed by atoms with Gasteiger partial charge in [0.1, 0.15) is 0 Å². The Hall–Kier alpha value is -2.65. The van der Waals surface area contributed by atoms with Crippen molar-refractivity contribution in [2.75, 3.05) is 29.3 Å². The van der Waals surface area contributed by atoms with Crippen molar-refractivity contribution in [1.29, 1.82) is 0 Å². The summed E-state index contributed by atoms with van der Waals surface area (Å²) in [4.78, 5) is 26.5. The lowest BCUT2D eigenvalue weighted by Crippen LogP contribution is -2.47. The molecule has 2 aromatic rings. The van der Waals surface area contributed by atoms with Gasteiger partial charge in [0.05, 0.1) is 12.3 Å². The Morgan fingerprint density at radius 3 is 2.49 bits per heavy atom. The van der Waals surface area contributed by atoms with Crippen molar-refractivity contribution in [3.8, 4) is 0 Å². The van der Waals surface area contributed by atoms with Gasteiger partial charge in [0, 0.05) is 47.4 Å². The molecular weight excluding hydrogens is 466 g/mol. The number of benzene rings is 2. The van der Waals surface area contributed by atoms with E-state index in [0.717, 1.165) is 47.7 Å². The van der Waals surface area contributed by atoms with E-state index in [1.54, 1.807) is 17.9 Å². The summed E-state index contributed by atoms with van der Waals surface area (Å²) in [5.74, 6) is 0.122. The normalized spacial score (nSPS) is 18.3. The molecule has 0 spiro atoms. The van der Waals surface area contributed by atoms with Crippen molar-refractivity contribution in [2.24, 2.45) is 5.92 Å². The molecule has 9 heteroatoms. The van der Waals surface area contributed by atoms with E-state index in [9.17, 15) is 18.4 Å². The summed E-state index contributed by atoms with van der Waals surface area (Å²) in [6.45, 7) is 4.94. The zero-order valence-electron chi connectivity index (χ0n) is 20.5. The Kier molecular flexibility index (Phi) is 8.28. The number of anilines is 2. The number of piperidine rings is 1. The first-order valence-electron chi connectivity index (χ1n) is 12.5. The average molecular weight is 501 g/mol. The lowest BCUT2D eigenvalue weighted by molar-refractivity contribution is -0.120. The van der Waals surface area contributed by atoms with Crippen molar-refractivity contribution in [1.82, 2.24) is 4.90 Å². The maximum absolute atomic E-state index is 12.9. The van der Waals surface area contributed by atoms with Crippen LogP contribution in [0.15, 0.2) is 30.3 Å². The van der Waals surface area contributed by atoms with Gasteiger partial charge in [-0.05, 0) is 62.6 Å². The molecule has 1 heterocycles. The molecule has 8 nitrogen and oxygen atoms in total. The Balaban J connectivity index is 1.55. The second-order valence-corrected chi connectivity index (χ2v) is 10.3. The van der Waals surface area contributed by atoms with E-state index < -0.39 is 11.3 Å². The highest BCUT2D eigenvalue weighted by Gasteiger charge is 2.29. The Bertz CT molecular complexity index is 1090. The van der Waals surface area contributed by atoms with Gasteiger partial charge in [0.15, 0.2) is 0 Å². The summed E-state index contributed by atoms with van der Waals surface area (Å²) >= 11 is -2.46. The van der Waals surface area contributed by atoms with Gasteiger partial charge in [0.25, 0.3) is 0 Å². The first-order valence-corrected chi connectivity index (χ1v) is 13.6. The number of carbonyl (C=O) groups excluding carboxylic acids is 2. The van der Waals surface area contributed by atoms with Crippen molar-refractivity contribution in [2.45, 2.75) is 64.8 Å². The molecule has 1 saturated heterocycles. The minimum Gasteiger partial charge on any atom is -0.755 e. The highest BCUT2D eigenvalue weighted by molar-refractivity contribution is 7.80. The summed E-state index contributed by atoms with van der Waals surface area (Å²) in [5.41, 5.74) is 2.35. The van der Waals surface area contributed by atoms with E-state index in [0.29, 0.717) is 38.2 Å². The highest BCUT2D eigenvalue weighted by Crippen LogP contribution is 2.34. The van der Waals surface area contributed by atoms with Crippen LogP contribution in [-0.4, -0.2) is 51.4 Å². The van der Waals surface area contributed by atoms with Gasteiger partial charge in [-0.2, -0.15) is 0 Å². The number of fused-ring (bicyclic) bond motifs is 1. The van der Waals surface area contributed by atoms with Crippen molar-refractivity contribution in [3.05, 3.63) is 35.9 Å². The lowest BCUT2D eigenvalue weighted by atomic mass is 9.88. The van der Waals surface area contributed by atoms with Crippen LogP contribution in [-0.2, 0) is 20.8 Å². The van der Waals surface area contributed by atoms with Crippen LogP contribution in [0.1, 0.15) is 57.4 Å². The Morgan fingerprint density at radius 1 is 1.11 bits per heavy atom. The van der Waals surface area contributed by atoms with Crippen LogP contribution in [0.25, 0.3) is 10.8 Å². The molecular formula is C26H34N3O5S-. The summed E-state index contributed by atoms with van der Waals surface area (Å²) in [7, 11) is 0. The van der Waals surface area contributed by atoms with Crippen LogP contribution in [0, 0.1) is 12.8 Å². The summed E-state index contributed by atoms with van der Waals surface area (Å²) < 4.78 is 31.0. The van der Waals surface area contributed by atoms with Gasteiger partial charge in [-0.3, -0.25) is 13.3 Å². The molecule has 1 aliphatic carbocycles. The van der Waals surface area contributed by atoms with E-state index in [4.69, 9.17) is 4.74 Å². The molecule has 1 saturated carbocycles. The molecule has 4 rings (SSSR count). The number of nitrogens with zero attached hydrogens (tertiary/aromatic N) is 2. The topological polar surface area (TPSA) is 102 Å². The third-order valence-corrected chi connectivity index (χ3v) is 8.00. The summed E-state index contributed by atoms with van der Waals surface area (Å²) in [6.07, 6.45) is 5.94. The molecule has 2 aliphatic rings. The van der Waals surface area contributed by atoms with Crippen molar-refractivity contribution >= 4 is 45.4 Å². The van der Waals surface area contributed by atoms with Gasteiger partial charge in [-0.25, -0.2) is 4.79 Å². The average Bonchev–Trinajstić information content (AvgIpc) is 2.86. The van der Waals surface area contributed by atoms with Crippen LogP contribution in [0.2, 0.25) is 0 Å². The standard InChI is InChI=1S/C26H35N3O5S/c1-3-34-26(31)28-15-13-21(14-16-28)29(35(32)33)22-11-12-23-20(17-22)10-9-18(2)24(23)27-25(30)19-7-5-4-6-8-19/h9-12,17,19,21H,3-8,13-16H2,1-2H3,(H,27,30)(H,32,33)/p-1. The van der Waals surface area contributed by atoms with Gasteiger partial charge in [-0.15, -0.1) is 0 Å². The molecule has 1 atom stereocenters. The molecule has 2 aromatic carbocycles. The maximum atomic E-state index is 12.9. The quantitative estimate of drug-likeness (QED) is 0.569. The third kappa shape index (κ3) is 5.78. The number of hydrogen-bond acceptors (Lipinski definition) is 5. The van der Waals surface area contributed by atoms with E-state index in [1.165, 1.54) is 10.7 Å². The summed E-state index contributed by atoms with van der Waals surface area (Å²) in [6, 6.07) is 9.22. The molecule has 35 heavy (non-hydrogen) atoms. The lowest BCUT2D eigenvalue weighted by Gasteiger charge is -2.39. The molecule has 0 radical (unpaired) electrons. The minimum absolute atomic E-state index is 0.0523. The molecule has 2 fully saturated rings.